The highest BCUT2D eigenvalue weighted by atomic mass is 35.5. The van der Waals surface area contributed by atoms with E-state index < -0.39 is 11.9 Å². The summed E-state index contributed by atoms with van der Waals surface area (Å²) in [7, 11) is 1.24. The number of hydrogen-bond acceptors (Lipinski definition) is 4. The molecule has 16 heavy (non-hydrogen) atoms. The van der Waals surface area contributed by atoms with Crippen LogP contribution in [0.3, 0.4) is 0 Å². The smallest absolute Gasteiger partial charge is 0.325 e. The van der Waals surface area contributed by atoms with Gasteiger partial charge in [-0.25, -0.2) is 0 Å². The highest BCUT2D eigenvalue weighted by molar-refractivity contribution is 6.31. The Labute approximate surface area is 97.5 Å². The quantitative estimate of drug-likeness (QED) is 0.608. The van der Waals surface area contributed by atoms with Crippen LogP contribution in [-0.2, 0) is 9.53 Å². The van der Waals surface area contributed by atoms with Crippen molar-refractivity contribution in [2.75, 3.05) is 19.4 Å². The molecule has 0 aromatic heterocycles. The second-order valence-corrected chi connectivity index (χ2v) is 3.43. The summed E-state index contributed by atoms with van der Waals surface area (Å²) >= 11 is 5.72. The van der Waals surface area contributed by atoms with Gasteiger partial charge in [0.2, 0.25) is 0 Å². The van der Waals surface area contributed by atoms with Crippen molar-refractivity contribution in [3.8, 4) is 0 Å². The number of halogens is 1. The van der Waals surface area contributed by atoms with Crippen LogP contribution in [0.15, 0.2) is 18.2 Å². The number of rotatable bonds is 3. The Morgan fingerprint density at radius 3 is 2.81 bits per heavy atom. The van der Waals surface area contributed by atoms with Crippen LogP contribution in [0.1, 0.15) is 10.4 Å². The third-order valence-corrected chi connectivity index (χ3v) is 2.12. The van der Waals surface area contributed by atoms with E-state index in [4.69, 9.17) is 17.3 Å². The predicted octanol–water partition coefficient (Wildman–Crippen LogP) is 0.825. The number of methoxy groups -OCH3 is 1. The first kappa shape index (κ1) is 12.3. The molecule has 1 aromatic carbocycles. The molecular formula is C10H11ClN2O3. The summed E-state index contributed by atoms with van der Waals surface area (Å²) in [5.41, 5.74) is 6.12. The van der Waals surface area contributed by atoms with Crippen LogP contribution >= 0.6 is 11.6 Å². The van der Waals surface area contributed by atoms with Crippen molar-refractivity contribution >= 4 is 29.2 Å². The molecule has 0 saturated heterocycles. The summed E-state index contributed by atoms with van der Waals surface area (Å²) in [6.07, 6.45) is 0. The van der Waals surface area contributed by atoms with Crippen molar-refractivity contribution in [1.82, 2.24) is 5.32 Å². The van der Waals surface area contributed by atoms with Crippen molar-refractivity contribution in [3.05, 3.63) is 28.8 Å². The highest BCUT2D eigenvalue weighted by Crippen LogP contribution is 2.17. The van der Waals surface area contributed by atoms with E-state index in [1.54, 1.807) is 6.07 Å². The molecule has 0 heterocycles. The molecule has 5 nitrogen and oxygen atoms in total. The number of nitrogen functional groups attached to an aromatic ring is 1. The van der Waals surface area contributed by atoms with Gasteiger partial charge in [0, 0.05) is 10.7 Å². The summed E-state index contributed by atoms with van der Waals surface area (Å²) < 4.78 is 4.38. The molecule has 0 atom stereocenters. The normalized spacial score (nSPS) is 9.62. The van der Waals surface area contributed by atoms with Crippen LogP contribution in [0, 0.1) is 0 Å². The zero-order chi connectivity index (χ0) is 12.1. The number of esters is 1. The topological polar surface area (TPSA) is 81.4 Å². The lowest BCUT2D eigenvalue weighted by molar-refractivity contribution is -0.139. The summed E-state index contributed by atoms with van der Waals surface area (Å²) in [5.74, 6) is -1.00. The number of hydrogen-bond donors (Lipinski definition) is 2. The lowest BCUT2D eigenvalue weighted by Crippen LogP contribution is -2.30. The first-order chi connectivity index (χ1) is 7.54. The predicted molar refractivity (Wildman–Crippen MR) is 60.2 cm³/mol. The number of ether oxygens (including phenoxy) is 1. The van der Waals surface area contributed by atoms with Crippen molar-refractivity contribution in [1.29, 1.82) is 0 Å². The molecule has 86 valence electrons. The van der Waals surface area contributed by atoms with E-state index in [9.17, 15) is 9.59 Å². The van der Waals surface area contributed by atoms with Gasteiger partial charge in [-0.05, 0) is 18.2 Å². The summed E-state index contributed by atoms with van der Waals surface area (Å²) in [6, 6.07) is 4.53. The number of carbonyl (C=O) groups is 2. The molecule has 0 saturated carbocycles. The fourth-order valence-electron chi connectivity index (χ4n) is 1.04. The Hall–Kier alpha value is -1.75. The van der Waals surface area contributed by atoms with Crippen LogP contribution < -0.4 is 11.1 Å². The zero-order valence-electron chi connectivity index (χ0n) is 8.62. The van der Waals surface area contributed by atoms with Crippen molar-refractivity contribution in [2.45, 2.75) is 0 Å². The zero-order valence-corrected chi connectivity index (χ0v) is 9.38. The van der Waals surface area contributed by atoms with Crippen LogP contribution in [0.2, 0.25) is 5.02 Å². The van der Waals surface area contributed by atoms with E-state index in [0.29, 0.717) is 10.7 Å². The summed E-state index contributed by atoms with van der Waals surface area (Å²) in [5, 5.41) is 2.77. The van der Waals surface area contributed by atoms with Gasteiger partial charge in [0.25, 0.3) is 5.91 Å². The minimum absolute atomic E-state index is 0.207. The molecule has 3 N–H and O–H groups in total. The molecule has 0 bridgehead atoms. The minimum atomic E-state index is -0.533. The third-order valence-electron chi connectivity index (χ3n) is 1.88. The van der Waals surface area contributed by atoms with Gasteiger partial charge in [-0.15, -0.1) is 0 Å². The van der Waals surface area contributed by atoms with E-state index in [2.05, 4.69) is 10.1 Å². The van der Waals surface area contributed by atoms with Crippen molar-refractivity contribution in [3.63, 3.8) is 0 Å². The van der Waals surface area contributed by atoms with E-state index in [0.717, 1.165) is 0 Å². The molecule has 0 aliphatic heterocycles. The van der Waals surface area contributed by atoms with Crippen molar-refractivity contribution in [2.24, 2.45) is 0 Å². The van der Waals surface area contributed by atoms with E-state index in [-0.39, 0.29) is 12.1 Å². The molecule has 0 fully saturated rings. The molecule has 1 aromatic rings. The van der Waals surface area contributed by atoms with Gasteiger partial charge in [-0.2, -0.15) is 0 Å². The Bertz CT molecular complexity index is 421. The van der Waals surface area contributed by atoms with Crippen LogP contribution in [0.25, 0.3) is 0 Å². The molecule has 0 unspecified atom stereocenters. The molecule has 6 heteroatoms. The molecule has 0 radical (unpaired) electrons. The summed E-state index contributed by atoms with van der Waals surface area (Å²) in [4.78, 5) is 22.4. The van der Waals surface area contributed by atoms with Crippen molar-refractivity contribution < 1.29 is 14.3 Å². The fourth-order valence-corrected chi connectivity index (χ4v) is 1.22. The Balaban J connectivity index is 2.73. The SMILES string of the molecule is COC(=O)CNC(=O)c1cc(Cl)ccc1N. The minimum Gasteiger partial charge on any atom is -0.468 e. The molecule has 1 amide bonds. The maximum absolute atomic E-state index is 11.6. The fraction of sp³-hybridized carbons (Fsp3) is 0.200. The Morgan fingerprint density at radius 1 is 1.50 bits per heavy atom. The van der Waals surface area contributed by atoms with Gasteiger partial charge in [-0.1, -0.05) is 11.6 Å². The van der Waals surface area contributed by atoms with Gasteiger partial charge in [0.1, 0.15) is 6.54 Å². The Kier molecular flexibility index (Phi) is 4.13. The number of anilines is 1. The number of amides is 1. The Morgan fingerprint density at radius 2 is 2.19 bits per heavy atom. The van der Waals surface area contributed by atoms with Crippen LogP contribution in [-0.4, -0.2) is 25.5 Å². The number of carbonyl (C=O) groups excluding carboxylic acids is 2. The lowest BCUT2D eigenvalue weighted by Gasteiger charge is -2.06. The second-order valence-electron chi connectivity index (χ2n) is 2.99. The molecule has 0 aliphatic rings. The van der Waals surface area contributed by atoms with Gasteiger partial charge >= 0.3 is 5.97 Å². The average molecular weight is 243 g/mol. The molecule has 1 rings (SSSR count). The second kappa shape index (κ2) is 5.37. The van der Waals surface area contributed by atoms with Crippen LogP contribution in [0.4, 0.5) is 5.69 Å². The third kappa shape index (κ3) is 3.13. The van der Waals surface area contributed by atoms with Gasteiger partial charge in [-0.3, -0.25) is 9.59 Å². The summed E-state index contributed by atoms with van der Waals surface area (Å²) in [6.45, 7) is -0.207. The van der Waals surface area contributed by atoms with Gasteiger partial charge < -0.3 is 15.8 Å². The number of nitrogens with two attached hydrogens (primary N) is 1. The van der Waals surface area contributed by atoms with E-state index in [1.807, 2.05) is 0 Å². The molecule has 0 spiro atoms. The molecular weight excluding hydrogens is 232 g/mol. The maximum atomic E-state index is 11.6. The first-order valence-electron chi connectivity index (χ1n) is 4.44. The van der Waals surface area contributed by atoms with E-state index in [1.165, 1.54) is 19.2 Å². The average Bonchev–Trinajstić information content (AvgIpc) is 2.28. The monoisotopic (exact) mass is 242 g/mol. The maximum Gasteiger partial charge on any atom is 0.325 e. The van der Waals surface area contributed by atoms with Gasteiger partial charge in [0.15, 0.2) is 0 Å². The lowest BCUT2D eigenvalue weighted by atomic mass is 10.1. The van der Waals surface area contributed by atoms with Gasteiger partial charge in [0.05, 0.1) is 12.7 Å². The van der Waals surface area contributed by atoms with Crippen LogP contribution in [0.5, 0.6) is 0 Å². The highest BCUT2D eigenvalue weighted by Gasteiger charge is 2.11. The number of nitrogens with one attached hydrogen (secondary N) is 1. The first-order valence-corrected chi connectivity index (χ1v) is 4.82. The van der Waals surface area contributed by atoms with E-state index >= 15 is 0 Å². The largest absolute Gasteiger partial charge is 0.468 e. The number of benzene rings is 1. The molecule has 0 aliphatic carbocycles. The standard InChI is InChI=1S/C10H11ClN2O3/c1-16-9(14)5-13-10(15)7-4-6(11)2-3-8(7)12/h2-4H,5,12H2,1H3,(H,13,15).